The molecule has 0 spiro atoms. The normalized spacial score (nSPS) is 24.4. The quantitative estimate of drug-likeness (QED) is 0.519. The molecule has 3 fully saturated rings. The molecule has 3 saturated heterocycles. The molecule has 6 nitrogen and oxygen atoms in total. The Labute approximate surface area is 193 Å². The van der Waals surface area contributed by atoms with Crippen LogP contribution in [0.25, 0.3) is 0 Å². The van der Waals surface area contributed by atoms with Gasteiger partial charge in [0.25, 0.3) is 0 Å². The number of quaternary nitrogens is 1. The molecule has 3 aromatic rings. The Morgan fingerprint density at radius 3 is 2.66 bits per heavy atom. The molecule has 0 aliphatic carbocycles. The molecule has 2 bridgehead atoms. The van der Waals surface area contributed by atoms with Crippen LogP contribution in [0.15, 0.2) is 71.8 Å². The molecule has 1 amide bonds. The second-order valence-corrected chi connectivity index (χ2v) is 9.99. The topological polar surface area (TPSA) is 64.2 Å². The maximum Gasteiger partial charge on any atom is 0.229 e. The van der Waals surface area contributed by atoms with Gasteiger partial charge in [0.1, 0.15) is 6.04 Å². The van der Waals surface area contributed by atoms with Crippen LogP contribution in [0.4, 0.5) is 0 Å². The average molecular weight is 449 g/mol. The second kappa shape index (κ2) is 9.88. The van der Waals surface area contributed by atoms with Crippen molar-refractivity contribution in [1.29, 1.82) is 0 Å². The van der Waals surface area contributed by atoms with Gasteiger partial charge in [-0.3, -0.25) is 4.79 Å². The number of piperidine rings is 3. The van der Waals surface area contributed by atoms with Crippen molar-refractivity contribution in [2.24, 2.45) is 11.8 Å². The van der Waals surface area contributed by atoms with Crippen LogP contribution >= 0.6 is 11.8 Å². The smallest absolute Gasteiger partial charge is 0.229 e. The van der Waals surface area contributed by atoms with Crippen LogP contribution in [-0.4, -0.2) is 40.0 Å². The first-order valence-corrected chi connectivity index (χ1v) is 12.5. The van der Waals surface area contributed by atoms with Crippen LogP contribution in [0.2, 0.25) is 0 Å². The van der Waals surface area contributed by atoms with Gasteiger partial charge in [0.15, 0.2) is 0 Å². The summed E-state index contributed by atoms with van der Waals surface area (Å²) in [6, 6.07) is 21.1. The third-order valence-corrected chi connectivity index (χ3v) is 7.87. The fourth-order valence-electron chi connectivity index (χ4n) is 5.13. The van der Waals surface area contributed by atoms with E-state index in [1.807, 2.05) is 28.9 Å². The third-order valence-electron chi connectivity index (χ3n) is 6.82. The van der Waals surface area contributed by atoms with E-state index >= 15 is 0 Å². The number of fused-ring (bicyclic) bond motifs is 3. The zero-order chi connectivity index (χ0) is 21.8. The fraction of sp³-hybridized carbons (Fsp3) is 0.400. The van der Waals surface area contributed by atoms with Crippen LogP contribution in [-0.2, 0) is 23.6 Å². The molecule has 1 unspecified atom stereocenters. The molecule has 32 heavy (non-hydrogen) atoms. The van der Waals surface area contributed by atoms with E-state index in [0.29, 0.717) is 18.5 Å². The summed E-state index contributed by atoms with van der Waals surface area (Å²) in [5.41, 5.74) is 2.17. The predicted molar refractivity (Wildman–Crippen MR) is 125 cm³/mol. The summed E-state index contributed by atoms with van der Waals surface area (Å²) in [5.74, 6) is 1.66. The Bertz CT molecular complexity index is 1030. The van der Waals surface area contributed by atoms with E-state index in [1.54, 1.807) is 16.7 Å². The van der Waals surface area contributed by atoms with E-state index in [4.69, 9.17) is 0 Å². The SMILES string of the molecule is O=C(NCc1ccccc1)[C@H]1C[NH+]2CC[C@@H]1C[C@@H]2Cn1cc(CSc2ccccc2)nn1. The molecule has 2 aromatic carbocycles. The highest BCUT2D eigenvalue weighted by Crippen LogP contribution is 2.28. The lowest BCUT2D eigenvalue weighted by Gasteiger charge is -2.46. The zero-order valence-corrected chi connectivity index (χ0v) is 19.0. The molecule has 2 N–H and O–H groups in total. The highest BCUT2D eigenvalue weighted by molar-refractivity contribution is 7.98. The third kappa shape index (κ3) is 5.05. The van der Waals surface area contributed by atoms with Gasteiger partial charge in [0, 0.05) is 36.2 Å². The summed E-state index contributed by atoms with van der Waals surface area (Å²) in [6.07, 6.45) is 4.32. The van der Waals surface area contributed by atoms with E-state index in [9.17, 15) is 4.79 Å². The number of aromatic nitrogens is 3. The van der Waals surface area contributed by atoms with Gasteiger partial charge in [0.05, 0.1) is 31.2 Å². The minimum atomic E-state index is 0.132. The standard InChI is InChI=1S/C25H29N5OS/c31-25(26-14-19-7-3-1-4-8-19)24-17-29-12-11-20(24)13-22(29)16-30-15-21(27-28-30)18-32-23-9-5-2-6-10-23/h1-10,15,20,22,24H,11-14,16-18H2,(H,26,31)/p+1/t20-,22-,24+/m1/s1. The van der Waals surface area contributed by atoms with Crippen molar-refractivity contribution in [2.45, 2.75) is 42.6 Å². The number of carbonyl (C=O) groups is 1. The molecule has 6 rings (SSSR count). The number of nitrogens with one attached hydrogen (secondary N) is 2. The summed E-state index contributed by atoms with van der Waals surface area (Å²) in [5, 5.41) is 11.9. The molecule has 3 aliphatic heterocycles. The number of amides is 1. The molecule has 1 aromatic heterocycles. The lowest BCUT2D eigenvalue weighted by atomic mass is 9.75. The maximum atomic E-state index is 12.9. The van der Waals surface area contributed by atoms with Gasteiger partial charge in [-0.15, -0.1) is 16.9 Å². The summed E-state index contributed by atoms with van der Waals surface area (Å²) >= 11 is 1.79. The van der Waals surface area contributed by atoms with Crippen LogP contribution in [0.5, 0.6) is 0 Å². The Morgan fingerprint density at radius 1 is 1.12 bits per heavy atom. The number of hydrogen-bond donors (Lipinski definition) is 2. The van der Waals surface area contributed by atoms with Crippen molar-refractivity contribution in [3.05, 3.63) is 78.1 Å². The predicted octanol–water partition coefficient (Wildman–Crippen LogP) is 2.18. The molecule has 7 heteroatoms. The Kier molecular flexibility index (Phi) is 6.55. The van der Waals surface area contributed by atoms with Gasteiger partial charge in [0.2, 0.25) is 5.91 Å². The van der Waals surface area contributed by atoms with E-state index in [-0.39, 0.29) is 11.8 Å². The van der Waals surface area contributed by atoms with Crippen LogP contribution in [0.1, 0.15) is 24.1 Å². The maximum absolute atomic E-state index is 12.9. The Morgan fingerprint density at radius 2 is 1.91 bits per heavy atom. The van der Waals surface area contributed by atoms with Crippen LogP contribution in [0, 0.1) is 11.8 Å². The summed E-state index contributed by atoms with van der Waals surface area (Å²) in [4.78, 5) is 15.7. The summed E-state index contributed by atoms with van der Waals surface area (Å²) in [6.45, 7) is 3.59. The molecular formula is C25H30N5OS+. The van der Waals surface area contributed by atoms with Gasteiger partial charge in [-0.1, -0.05) is 53.7 Å². The van der Waals surface area contributed by atoms with Gasteiger partial charge in [-0.25, -0.2) is 4.68 Å². The molecule has 3 aliphatic rings. The number of nitrogens with zero attached hydrogens (tertiary/aromatic N) is 3. The van der Waals surface area contributed by atoms with Crippen molar-refractivity contribution < 1.29 is 9.69 Å². The van der Waals surface area contributed by atoms with E-state index in [0.717, 1.165) is 49.5 Å². The number of rotatable bonds is 8. The average Bonchev–Trinajstić information content (AvgIpc) is 3.30. The monoisotopic (exact) mass is 448 g/mol. The fourth-order valence-corrected chi connectivity index (χ4v) is 5.92. The Balaban J connectivity index is 1.12. The van der Waals surface area contributed by atoms with Crippen molar-refractivity contribution in [3.8, 4) is 0 Å². The molecule has 4 heterocycles. The summed E-state index contributed by atoms with van der Waals surface area (Å²) in [7, 11) is 0. The molecule has 4 atom stereocenters. The van der Waals surface area contributed by atoms with Gasteiger partial charge < -0.3 is 10.2 Å². The number of thioether (sulfide) groups is 1. The van der Waals surface area contributed by atoms with Crippen molar-refractivity contribution in [1.82, 2.24) is 20.3 Å². The van der Waals surface area contributed by atoms with Crippen molar-refractivity contribution in [3.63, 3.8) is 0 Å². The Hall–Kier alpha value is -2.64. The first-order valence-electron chi connectivity index (χ1n) is 11.5. The van der Waals surface area contributed by atoms with Crippen LogP contribution in [0.3, 0.4) is 0 Å². The van der Waals surface area contributed by atoms with Crippen molar-refractivity contribution >= 4 is 17.7 Å². The zero-order valence-electron chi connectivity index (χ0n) is 18.2. The second-order valence-electron chi connectivity index (χ2n) is 8.94. The number of benzene rings is 2. The molecule has 0 saturated carbocycles. The lowest BCUT2D eigenvalue weighted by molar-refractivity contribution is -0.945. The minimum absolute atomic E-state index is 0.132. The molecule has 0 radical (unpaired) electrons. The summed E-state index contributed by atoms with van der Waals surface area (Å²) < 4.78 is 2.00. The largest absolute Gasteiger partial charge is 0.352 e. The van der Waals surface area contributed by atoms with Gasteiger partial charge >= 0.3 is 0 Å². The highest BCUT2D eigenvalue weighted by Gasteiger charge is 2.46. The van der Waals surface area contributed by atoms with Gasteiger partial charge in [-0.2, -0.15) is 0 Å². The van der Waals surface area contributed by atoms with Gasteiger partial charge in [-0.05, 0) is 23.6 Å². The first kappa shape index (κ1) is 21.2. The van der Waals surface area contributed by atoms with E-state index < -0.39 is 0 Å². The molecular weight excluding hydrogens is 418 g/mol. The van der Waals surface area contributed by atoms with Crippen LogP contribution < -0.4 is 10.2 Å². The first-order chi connectivity index (χ1) is 15.7. The highest BCUT2D eigenvalue weighted by atomic mass is 32.2. The molecule has 166 valence electrons. The van der Waals surface area contributed by atoms with Crippen molar-refractivity contribution in [2.75, 3.05) is 13.1 Å². The number of carbonyl (C=O) groups excluding carboxylic acids is 1. The number of hydrogen-bond acceptors (Lipinski definition) is 4. The lowest BCUT2D eigenvalue weighted by Crippen LogP contribution is -3.20. The van der Waals surface area contributed by atoms with E-state index in [2.05, 4.69) is 58.2 Å². The van der Waals surface area contributed by atoms with E-state index in [1.165, 1.54) is 4.90 Å². The minimum Gasteiger partial charge on any atom is -0.352 e.